The van der Waals surface area contributed by atoms with Crippen LogP contribution in [0.4, 0.5) is 0 Å². The smallest absolute Gasteiger partial charge is 0.0335 e. The first-order chi connectivity index (χ1) is 13.4. The third-order valence-corrected chi connectivity index (χ3v) is 4.12. The van der Waals surface area contributed by atoms with Crippen LogP contribution in [0.3, 0.4) is 0 Å². The molecule has 0 saturated heterocycles. The zero-order valence-electron chi connectivity index (χ0n) is 21.6. The van der Waals surface area contributed by atoms with Gasteiger partial charge in [0, 0.05) is 11.4 Å². The summed E-state index contributed by atoms with van der Waals surface area (Å²) >= 11 is 0. The second kappa shape index (κ2) is 16.9. The topological polar surface area (TPSA) is 52.0 Å². The van der Waals surface area contributed by atoms with Crippen LogP contribution in [0.15, 0.2) is 70.1 Å². The molecule has 0 aromatic heterocycles. The van der Waals surface area contributed by atoms with E-state index in [1.54, 1.807) is 0 Å². The van der Waals surface area contributed by atoms with Gasteiger partial charge in [-0.1, -0.05) is 103 Å². The maximum Gasteiger partial charge on any atom is 0.0335 e. The van der Waals surface area contributed by atoms with Gasteiger partial charge >= 0.3 is 0 Å². The van der Waals surface area contributed by atoms with Crippen molar-refractivity contribution in [3.05, 3.63) is 70.1 Å². The predicted octanol–water partition coefficient (Wildman–Crippen LogP) is 8.21. The van der Waals surface area contributed by atoms with Crippen molar-refractivity contribution in [2.24, 2.45) is 23.3 Å². The molecule has 0 aliphatic carbocycles. The summed E-state index contributed by atoms with van der Waals surface area (Å²) in [5.74, 6) is 0.700. The minimum atomic E-state index is 0.350. The van der Waals surface area contributed by atoms with Crippen LogP contribution >= 0.6 is 0 Å². The summed E-state index contributed by atoms with van der Waals surface area (Å²) in [6, 6.07) is 0. The molecule has 0 saturated carbocycles. The molecule has 0 heterocycles. The number of rotatable bonds is 8. The Morgan fingerprint density at radius 2 is 0.897 bits per heavy atom. The molecule has 168 valence electrons. The molecule has 0 aromatic carbocycles. The number of allylic oxidation sites excluding steroid dienone is 8. The van der Waals surface area contributed by atoms with Crippen LogP contribution in [0.5, 0.6) is 0 Å². The van der Waals surface area contributed by atoms with Crippen LogP contribution in [0.1, 0.15) is 89.5 Å². The third kappa shape index (κ3) is 13.0. The molecule has 0 amide bonds. The van der Waals surface area contributed by atoms with Crippen molar-refractivity contribution in [3.63, 3.8) is 0 Å². The van der Waals surface area contributed by atoms with Gasteiger partial charge in [-0.2, -0.15) is 0 Å². The molecule has 2 nitrogen and oxygen atoms in total. The second-order valence-electron chi connectivity index (χ2n) is 7.83. The Balaban J connectivity index is -0.00000158. The van der Waals surface area contributed by atoms with Gasteiger partial charge in [0.05, 0.1) is 0 Å². The average molecular weight is 403 g/mol. The molecule has 0 spiro atoms. The molecular weight excluding hydrogens is 352 g/mol. The van der Waals surface area contributed by atoms with Crippen molar-refractivity contribution < 1.29 is 0 Å². The van der Waals surface area contributed by atoms with Gasteiger partial charge in [-0.05, 0) is 57.1 Å². The molecular formula is C27H50N2. The van der Waals surface area contributed by atoms with Crippen molar-refractivity contribution in [2.75, 3.05) is 0 Å². The molecule has 4 N–H and O–H groups in total. The summed E-state index contributed by atoms with van der Waals surface area (Å²) in [5.41, 5.74) is 20.7. The Kier molecular flexibility index (Phi) is 18.5. The van der Waals surface area contributed by atoms with Crippen molar-refractivity contribution in [1.29, 1.82) is 0 Å². The van der Waals surface area contributed by atoms with Crippen molar-refractivity contribution in [2.45, 2.75) is 89.5 Å². The van der Waals surface area contributed by atoms with Crippen molar-refractivity contribution in [1.82, 2.24) is 0 Å². The Hall–Kier alpha value is -1.96. The second-order valence-corrected chi connectivity index (χ2v) is 7.83. The summed E-state index contributed by atoms with van der Waals surface area (Å²) in [4.78, 5) is 0. The maximum absolute atomic E-state index is 6.25. The van der Waals surface area contributed by atoms with Crippen LogP contribution < -0.4 is 11.5 Å². The lowest BCUT2D eigenvalue weighted by Crippen LogP contribution is -2.09. The molecule has 0 rings (SSSR count). The highest BCUT2D eigenvalue weighted by Gasteiger charge is 2.11. The first-order valence-corrected chi connectivity index (χ1v) is 11.0. The Labute approximate surface area is 183 Å². The zero-order valence-corrected chi connectivity index (χ0v) is 21.6. The summed E-state index contributed by atoms with van der Waals surface area (Å²) in [7, 11) is 0. The summed E-state index contributed by atoms with van der Waals surface area (Å²) < 4.78 is 0. The van der Waals surface area contributed by atoms with Gasteiger partial charge in [-0.3, -0.25) is 0 Å². The van der Waals surface area contributed by atoms with E-state index in [9.17, 15) is 0 Å². The van der Waals surface area contributed by atoms with Gasteiger partial charge in [0.25, 0.3) is 0 Å². The molecule has 0 aliphatic heterocycles. The molecule has 0 unspecified atom stereocenters. The van der Waals surface area contributed by atoms with E-state index in [4.69, 9.17) is 11.5 Å². The Morgan fingerprint density at radius 3 is 1.07 bits per heavy atom. The summed E-state index contributed by atoms with van der Waals surface area (Å²) in [6.45, 7) is 33.1. The van der Waals surface area contributed by atoms with Crippen LogP contribution in [0.25, 0.3) is 0 Å². The van der Waals surface area contributed by atoms with E-state index in [-0.39, 0.29) is 0 Å². The van der Waals surface area contributed by atoms with Crippen molar-refractivity contribution in [3.8, 4) is 0 Å². The minimum Gasteiger partial charge on any atom is -0.399 e. The highest BCUT2D eigenvalue weighted by molar-refractivity contribution is 5.42. The lowest BCUT2D eigenvalue weighted by atomic mass is 9.92. The molecule has 29 heavy (non-hydrogen) atoms. The molecule has 0 bridgehead atoms. The molecule has 0 fully saturated rings. The number of hydrogen-bond donors (Lipinski definition) is 2. The Morgan fingerprint density at radius 1 is 0.655 bits per heavy atom. The third-order valence-electron chi connectivity index (χ3n) is 4.12. The van der Waals surface area contributed by atoms with Gasteiger partial charge in [-0.25, -0.2) is 0 Å². The van der Waals surface area contributed by atoms with E-state index < -0.39 is 0 Å². The molecule has 0 aliphatic rings. The maximum atomic E-state index is 6.25. The van der Waals surface area contributed by atoms with Gasteiger partial charge < -0.3 is 11.5 Å². The first-order valence-electron chi connectivity index (χ1n) is 11.0. The molecule has 0 aromatic rings. The van der Waals surface area contributed by atoms with E-state index in [0.29, 0.717) is 18.3 Å². The SMILES string of the molecule is C=C(/C=C(\C(N)=C(C)C)C(C)C)CC(=C)/C=C(\C(N)=C(C)C)C(C)C.CC.CC. The van der Waals surface area contributed by atoms with Gasteiger partial charge in [-0.15, -0.1) is 0 Å². The fourth-order valence-electron chi connectivity index (χ4n) is 2.52. The molecule has 0 radical (unpaired) electrons. The van der Waals surface area contributed by atoms with Crippen LogP contribution in [-0.4, -0.2) is 0 Å². The Bertz CT molecular complexity index is 571. The lowest BCUT2D eigenvalue weighted by Gasteiger charge is -2.16. The monoisotopic (exact) mass is 402 g/mol. The van der Waals surface area contributed by atoms with Gasteiger partial charge in [0.2, 0.25) is 0 Å². The van der Waals surface area contributed by atoms with Crippen LogP contribution in [0.2, 0.25) is 0 Å². The zero-order chi connectivity index (χ0) is 23.9. The minimum absolute atomic E-state index is 0.350. The highest BCUT2D eigenvalue weighted by Crippen LogP contribution is 2.25. The predicted molar refractivity (Wildman–Crippen MR) is 137 cm³/mol. The molecule has 2 heteroatoms. The summed E-state index contributed by atoms with van der Waals surface area (Å²) in [6.07, 6.45) is 4.91. The number of nitrogens with two attached hydrogens (primary N) is 2. The summed E-state index contributed by atoms with van der Waals surface area (Å²) in [5, 5.41) is 0. The number of hydrogen-bond acceptors (Lipinski definition) is 2. The average Bonchev–Trinajstić information content (AvgIpc) is 2.65. The van der Waals surface area contributed by atoms with E-state index in [2.05, 4.69) is 53.0 Å². The fraction of sp³-hybridized carbons (Fsp3) is 0.556. The van der Waals surface area contributed by atoms with Crippen LogP contribution in [0, 0.1) is 11.8 Å². The molecule has 0 atom stereocenters. The highest BCUT2D eigenvalue weighted by atomic mass is 14.6. The fourth-order valence-corrected chi connectivity index (χ4v) is 2.52. The van der Waals surface area contributed by atoms with E-state index in [0.717, 1.165) is 44.8 Å². The van der Waals surface area contributed by atoms with Gasteiger partial charge in [0.15, 0.2) is 0 Å². The van der Waals surface area contributed by atoms with E-state index >= 15 is 0 Å². The standard InChI is InChI=1S/C23H38N2.2C2H6/c1-14(2)20(22(24)16(5)6)12-18(9)11-19(10)13-21(15(3)4)23(25)17(7)8;2*1-2/h12-15H,9-11,24-25H2,1-8H3;2*1-2H3/b20-12-,21-13-;;. The van der Waals surface area contributed by atoms with Crippen molar-refractivity contribution >= 4 is 0 Å². The normalized spacial score (nSPS) is 11.1. The van der Waals surface area contributed by atoms with Crippen LogP contribution in [-0.2, 0) is 0 Å². The van der Waals surface area contributed by atoms with E-state index in [1.165, 1.54) is 0 Å². The lowest BCUT2D eigenvalue weighted by molar-refractivity contribution is 0.767. The van der Waals surface area contributed by atoms with E-state index in [1.807, 2.05) is 55.4 Å². The first kappa shape index (κ1) is 31.7. The quantitative estimate of drug-likeness (QED) is 0.402. The largest absolute Gasteiger partial charge is 0.399 e. The van der Waals surface area contributed by atoms with Gasteiger partial charge in [0.1, 0.15) is 0 Å².